The van der Waals surface area contributed by atoms with Gasteiger partial charge >= 0.3 is 0 Å². The third-order valence-corrected chi connectivity index (χ3v) is 5.76. The monoisotopic (exact) mass is 420 g/mol. The first-order valence-corrected chi connectivity index (χ1v) is 10.4. The van der Waals surface area contributed by atoms with Gasteiger partial charge in [0.2, 0.25) is 0 Å². The molecule has 2 atom stereocenters. The van der Waals surface area contributed by atoms with Crippen LogP contribution in [0, 0.1) is 5.92 Å². The Morgan fingerprint density at radius 3 is 2.65 bits per heavy atom. The molecule has 4 rings (SSSR count). The van der Waals surface area contributed by atoms with Crippen molar-refractivity contribution in [1.82, 2.24) is 14.9 Å². The number of nitrogens with zero attached hydrogens (tertiary/aromatic N) is 3. The zero-order chi connectivity index (χ0) is 22.0. The Kier molecular flexibility index (Phi) is 5.90. The summed E-state index contributed by atoms with van der Waals surface area (Å²) in [6.45, 7) is 6.36. The number of morpholine rings is 1. The van der Waals surface area contributed by atoms with Crippen molar-refractivity contribution in [3.05, 3.63) is 65.4 Å². The SMILES string of the molecule is C/C(=C\C1C(N)=C(c2ccccn2)C(N)=NC1C)c1ccc(C(=O)N2CCOCC2)[nH]1. The highest BCUT2D eigenvalue weighted by atomic mass is 16.5. The quantitative estimate of drug-likeness (QED) is 0.698. The molecule has 2 aliphatic rings. The third-order valence-electron chi connectivity index (χ3n) is 5.76. The second-order valence-electron chi connectivity index (χ2n) is 7.87. The van der Waals surface area contributed by atoms with Crippen molar-refractivity contribution in [2.45, 2.75) is 19.9 Å². The predicted octanol–water partition coefficient (Wildman–Crippen LogP) is 2.03. The summed E-state index contributed by atoms with van der Waals surface area (Å²) in [5.74, 6) is 0.262. The van der Waals surface area contributed by atoms with Crippen molar-refractivity contribution in [3.63, 3.8) is 0 Å². The largest absolute Gasteiger partial charge is 0.401 e. The van der Waals surface area contributed by atoms with Gasteiger partial charge in [0.1, 0.15) is 11.5 Å². The molecule has 0 bridgehead atoms. The van der Waals surface area contributed by atoms with Gasteiger partial charge in [0.25, 0.3) is 5.91 Å². The lowest BCUT2D eigenvalue weighted by Crippen LogP contribution is -2.40. The Hall–Kier alpha value is -3.39. The molecule has 1 fully saturated rings. The molecular formula is C23H28N6O2. The van der Waals surface area contributed by atoms with E-state index in [1.54, 1.807) is 11.1 Å². The summed E-state index contributed by atoms with van der Waals surface area (Å²) in [6.07, 6.45) is 3.79. The smallest absolute Gasteiger partial charge is 0.270 e. The number of ether oxygens (including phenoxy) is 1. The highest BCUT2D eigenvalue weighted by Gasteiger charge is 2.28. The second kappa shape index (κ2) is 8.77. The number of H-pyrrole nitrogens is 1. The van der Waals surface area contributed by atoms with Gasteiger partial charge in [-0.15, -0.1) is 0 Å². The first kappa shape index (κ1) is 20.9. The maximum atomic E-state index is 12.7. The molecule has 1 saturated heterocycles. The number of allylic oxidation sites excluding steroid dienone is 1. The maximum absolute atomic E-state index is 12.7. The minimum atomic E-state index is -0.133. The standard InChI is InChI=1S/C23H28N6O2/c1-14(17-6-7-19(28-17)23(30)29-9-11-31-12-10-29)13-16-15(2)27-22(25)20(21(16)24)18-5-3-4-8-26-18/h3-8,13,15-16,28H,9-12,24H2,1-2H3,(H2,25,27)/b14-13+. The van der Waals surface area contributed by atoms with Gasteiger partial charge in [0, 0.05) is 36.6 Å². The Labute approximate surface area is 181 Å². The minimum absolute atomic E-state index is 0.0115. The van der Waals surface area contributed by atoms with Crippen molar-refractivity contribution >= 4 is 22.9 Å². The number of aliphatic imine (C=N–C) groups is 1. The molecule has 0 aromatic carbocycles. The van der Waals surface area contributed by atoms with E-state index in [0.29, 0.717) is 54.8 Å². The fraction of sp³-hybridized carbons (Fsp3) is 0.348. The number of aromatic amines is 1. The van der Waals surface area contributed by atoms with E-state index < -0.39 is 0 Å². The number of hydrogen-bond acceptors (Lipinski definition) is 6. The molecule has 4 heterocycles. The minimum Gasteiger partial charge on any atom is -0.401 e. The van der Waals surface area contributed by atoms with E-state index in [1.165, 1.54) is 0 Å². The van der Waals surface area contributed by atoms with Crippen molar-refractivity contribution in [2.75, 3.05) is 26.3 Å². The normalized spacial score (nSPS) is 22.5. The van der Waals surface area contributed by atoms with E-state index >= 15 is 0 Å². The van der Waals surface area contributed by atoms with E-state index in [0.717, 1.165) is 11.3 Å². The topological polar surface area (TPSA) is 123 Å². The average molecular weight is 421 g/mol. The zero-order valence-electron chi connectivity index (χ0n) is 17.8. The summed E-state index contributed by atoms with van der Waals surface area (Å²) in [4.78, 5) is 26.8. The van der Waals surface area contributed by atoms with Crippen LogP contribution in [0.1, 0.15) is 35.7 Å². The maximum Gasteiger partial charge on any atom is 0.270 e. The highest BCUT2D eigenvalue weighted by Crippen LogP contribution is 2.31. The van der Waals surface area contributed by atoms with Crippen LogP contribution in [0.15, 0.2) is 53.3 Å². The van der Waals surface area contributed by atoms with E-state index in [1.807, 2.05) is 44.2 Å². The summed E-state index contributed by atoms with van der Waals surface area (Å²) >= 11 is 0. The molecule has 2 aliphatic heterocycles. The number of nitrogens with two attached hydrogens (primary N) is 2. The van der Waals surface area contributed by atoms with E-state index in [-0.39, 0.29) is 17.9 Å². The van der Waals surface area contributed by atoms with Crippen LogP contribution in [-0.4, -0.2) is 59.0 Å². The van der Waals surface area contributed by atoms with Crippen molar-refractivity contribution < 1.29 is 9.53 Å². The van der Waals surface area contributed by atoms with E-state index in [2.05, 4.69) is 21.0 Å². The number of hydrogen-bond donors (Lipinski definition) is 3. The number of amides is 1. The van der Waals surface area contributed by atoms with E-state index in [9.17, 15) is 4.79 Å². The number of dihydropyridines is 1. The molecular weight excluding hydrogens is 392 g/mol. The van der Waals surface area contributed by atoms with Crippen LogP contribution < -0.4 is 11.5 Å². The van der Waals surface area contributed by atoms with Crippen LogP contribution in [0.2, 0.25) is 0 Å². The molecule has 0 aliphatic carbocycles. The fourth-order valence-corrected chi connectivity index (χ4v) is 4.00. The van der Waals surface area contributed by atoms with Gasteiger partial charge in [-0.25, -0.2) is 0 Å². The molecule has 8 nitrogen and oxygen atoms in total. The summed E-state index contributed by atoms with van der Waals surface area (Å²) in [6, 6.07) is 9.26. The van der Waals surface area contributed by atoms with Crippen molar-refractivity contribution in [3.8, 4) is 0 Å². The molecule has 5 N–H and O–H groups in total. The van der Waals surface area contributed by atoms with Crippen molar-refractivity contribution in [2.24, 2.45) is 22.4 Å². The summed E-state index contributed by atoms with van der Waals surface area (Å²) < 4.78 is 5.33. The lowest BCUT2D eigenvalue weighted by Gasteiger charge is -2.27. The summed E-state index contributed by atoms with van der Waals surface area (Å²) in [5.41, 5.74) is 17.2. The molecule has 8 heteroatoms. The van der Waals surface area contributed by atoms with Gasteiger partial charge in [-0.3, -0.25) is 14.8 Å². The number of nitrogens with one attached hydrogen (secondary N) is 1. The van der Waals surface area contributed by atoms with Gasteiger partial charge in [-0.1, -0.05) is 12.1 Å². The van der Waals surface area contributed by atoms with Crippen LogP contribution in [0.4, 0.5) is 0 Å². The Bertz CT molecular complexity index is 1050. The lowest BCUT2D eigenvalue weighted by atomic mass is 9.88. The number of carbonyl (C=O) groups is 1. The molecule has 1 amide bonds. The summed E-state index contributed by atoms with van der Waals surface area (Å²) in [7, 11) is 0. The van der Waals surface area contributed by atoms with Gasteiger partial charge in [0.05, 0.1) is 30.5 Å². The Morgan fingerprint density at radius 2 is 1.94 bits per heavy atom. The fourth-order valence-electron chi connectivity index (χ4n) is 4.00. The first-order valence-electron chi connectivity index (χ1n) is 10.4. The molecule has 0 radical (unpaired) electrons. The average Bonchev–Trinajstić information content (AvgIpc) is 3.28. The molecule has 2 aromatic rings. The predicted molar refractivity (Wildman–Crippen MR) is 121 cm³/mol. The second-order valence-corrected chi connectivity index (χ2v) is 7.87. The van der Waals surface area contributed by atoms with Crippen LogP contribution >= 0.6 is 0 Å². The third kappa shape index (κ3) is 4.25. The first-order chi connectivity index (χ1) is 15.0. The van der Waals surface area contributed by atoms with Gasteiger partial charge in [-0.2, -0.15) is 0 Å². The van der Waals surface area contributed by atoms with E-state index in [4.69, 9.17) is 16.2 Å². The number of amidine groups is 1. The van der Waals surface area contributed by atoms with Gasteiger partial charge in [-0.05, 0) is 43.7 Å². The molecule has 0 saturated carbocycles. The molecule has 2 unspecified atom stereocenters. The van der Waals surface area contributed by atoms with Crippen LogP contribution in [0.5, 0.6) is 0 Å². The molecule has 0 spiro atoms. The molecule has 162 valence electrons. The zero-order valence-corrected chi connectivity index (χ0v) is 17.8. The van der Waals surface area contributed by atoms with Crippen LogP contribution in [0.25, 0.3) is 11.1 Å². The number of aromatic nitrogens is 2. The molecule has 2 aromatic heterocycles. The van der Waals surface area contributed by atoms with Crippen LogP contribution in [-0.2, 0) is 4.74 Å². The van der Waals surface area contributed by atoms with Crippen LogP contribution in [0.3, 0.4) is 0 Å². The highest BCUT2D eigenvalue weighted by molar-refractivity contribution is 6.22. The number of pyridine rings is 1. The number of carbonyl (C=O) groups excluding carboxylic acids is 1. The van der Waals surface area contributed by atoms with Crippen molar-refractivity contribution in [1.29, 1.82) is 0 Å². The number of rotatable bonds is 4. The van der Waals surface area contributed by atoms with Gasteiger partial charge in [0.15, 0.2) is 0 Å². The Morgan fingerprint density at radius 1 is 1.19 bits per heavy atom. The van der Waals surface area contributed by atoms with Gasteiger partial charge < -0.3 is 26.1 Å². The summed E-state index contributed by atoms with van der Waals surface area (Å²) in [5, 5.41) is 0. The molecule has 31 heavy (non-hydrogen) atoms. The lowest BCUT2D eigenvalue weighted by molar-refractivity contribution is 0.0299. The Balaban J connectivity index is 1.60.